The SMILES string of the molecule is CC(C(=O)Nc1ccc(CCN2CCC(C(N)=O)CC2)cc1)C1CNC1.Cl.Cl. The van der Waals surface area contributed by atoms with Crippen LogP contribution in [-0.4, -0.2) is 49.4 Å². The van der Waals surface area contributed by atoms with Gasteiger partial charge in [0.2, 0.25) is 11.8 Å². The Hall–Kier alpha value is -1.34. The van der Waals surface area contributed by atoms with Crippen LogP contribution in [0.25, 0.3) is 0 Å². The van der Waals surface area contributed by atoms with Gasteiger partial charge in [0.25, 0.3) is 0 Å². The van der Waals surface area contributed by atoms with E-state index in [-0.39, 0.29) is 48.5 Å². The molecule has 28 heavy (non-hydrogen) atoms. The molecule has 2 aliphatic heterocycles. The van der Waals surface area contributed by atoms with E-state index >= 15 is 0 Å². The maximum atomic E-state index is 12.3. The molecule has 4 N–H and O–H groups in total. The van der Waals surface area contributed by atoms with Crippen LogP contribution in [0.4, 0.5) is 5.69 Å². The summed E-state index contributed by atoms with van der Waals surface area (Å²) in [5.41, 5.74) is 7.50. The van der Waals surface area contributed by atoms with Gasteiger partial charge in [0.05, 0.1) is 0 Å². The van der Waals surface area contributed by atoms with Crippen LogP contribution >= 0.6 is 24.8 Å². The van der Waals surface area contributed by atoms with E-state index in [9.17, 15) is 9.59 Å². The van der Waals surface area contributed by atoms with Gasteiger partial charge in [0, 0.05) is 24.1 Å². The fourth-order valence-electron chi connectivity index (χ4n) is 3.62. The molecule has 0 aliphatic carbocycles. The summed E-state index contributed by atoms with van der Waals surface area (Å²) in [7, 11) is 0. The van der Waals surface area contributed by atoms with Crippen LogP contribution in [0, 0.1) is 17.8 Å². The summed E-state index contributed by atoms with van der Waals surface area (Å²) in [4.78, 5) is 25.9. The number of hydrogen-bond donors (Lipinski definition) is 3. The first-order chi connectivity index (χ1) is 12.5. The predicted molar refractivity (Wildman–Crippen MR) is 117 cm³/mol. The number of benzene rings is 1. The zero-order valence-electron chi connectivity index (χ0n) is 16.4. The molecule has 158 valence electrons. The van der Waals surface area contributed by atoms with Gasteiger partial charge in [0.1, 0.15) is 0 Å². The molecule has 0 saturated carbocycles. The number of likely N-dealkylation sites (tertiary alicyclic amines) is 1. The van der Waals surface area contributed by atoms with Crippen LogP contribution in [-0.2, 0) is 16.0 Å². The lowest BCUT2D eigenvalue weighted by molar-refractivity contribution is -0.123. The van der Waals surface area contributed by atoms with Gasteiger partial charge in [-0.25, -0.2) is 0 Å². The topological polar surface area (TPSA) is 87.5 Å². The Morgan fingerprint density at radius 3 is 2.29 bits per heavy atom. The van der Waals surface area contributed by atoms with E-state index in [1.165, 1.54) is 5.56 Å². The summed E-state index contributed by atoms with van der Waals surface area (Å²) in [6.07, 6.45) is 2.71. The van der Waals surface area contributed by atoms with Crippen LogP contribution in [0.1, 0.15) is 25.3 Å². The third-order valence-corrected chi connectivity index (χ3v) is 5.86. The second kappa shape index (κ2) is 11.6. The monoisotopic (exact) mass is 430 g/mol. The van der Waals surface area contributed by atoms with E-state index < -0.39 is 0 Å². The lowest BCUT2D eigenvalue weighted by atomic mass is 9.88. The van der Waals surface area contributed by atoms with Crippen LogP contribution in [0.5, 0.6) is 0 Å². The van der Waals surface area contributed by atoms with Gasteiger partial charge in [-0.05, 0) is 69.1 Å². The molecular formula is C20H32Cl2N4O2. The second-order valence-electron chi connectivity index (χ2n) is 7.66. The summed E-state index contributed by atoms with van der Waals surface area (Å²) < 4.78 is 0. The predicted octanol–water partition coefficient (Wildman–Crippen LogP) is 2.06. The molecule has 2 heterocycles. The number of nitrogens with two attached hydrogens (primary N) is 1. The summed E-state index contributed by atoms with van der Waals surface area (Å²) in [5, 5.41) is 6.23. The van der Waals surface area contributed by atoms with Crippen molar-refractivity contribution < 1.29 is 9.59 Å². The first kappa shape index (κ1) is 24.7. The average Bonchev–Trinajstić information content (AvgIpc) is 2.60. The van der Waals surface area contributed by atoms with Crippen molar-refractivity contribution in [1.29, 1.82) is 0 Å². The largest absolute Gasteiger partial charge is 0.369 e. The smallest absolute Gasteiger partial charge is 0.227 e. The quantitative estimate of drug-likeness (QED) is 0.617. The van der Waals surface area contributed by atoms with Crippen molar-refractivity contribution in [2.45, 2.75) is 26.2 Å². The molecule has 2 saturated heterocycles. The number of nitrogens with zero attached hydrogens (tertiary/aromatic N) is 1. The Bertz CT molecular complexity index is 630. The van der Waals surface area contributed by atoms with Crippen LogP contribution < -0.4 is 16.4 Å². The van der Waals surface area contributed by atoms with Crippen molar-refractivity contribution in [3.63, 3.8) is 0 Å². The van der Waals surface area contributed by atoms with Gasteiger partial charge in [-0.15, -0.1) is 24.8 Å². The summed E-state index contributed by atoms with van der Waals surface area (Å²) in [6, 6.07) is 8.14. The Morgan fingerprint density at radius 1 is 1.18 bits per heavy atom. The molecule has 2 amide bonds. The highest BCUT2D eigenvalue weighted by Crippen LogP contribution is 2.20. The molecule has 0 aromatic heterocycles. The number of primary amides is 1. The maximum Gasteiger partial charge on any atom is 0.227 e. The fourth-order valence-corrected chi connectivity index (χ4v) is 3.62. The van der Waals surface area contributed by atoms with E-state index in [4.69, 9.17) is 5.73 Å². The van der Waals surface area contributed by atoms with Gasteiger partial charge >= 0.3 is 0 Å². The Labute approximate surface area is 179 Å². The Kier molecular flexibility index (Phi) is 10.2. The van der Waals surface area contributed by atoms with Crippen molar-refractivity contribution in [3.05, 3.63) is 29.8 Å². The molecule has 0 radical (unpaired) electrons. The molecular weight excluding hydrogens is 399 g/mol. The van der Waals surface area contributed by atoms with Crippen molar-refractivity contribution in [3.8, 4) is 0 Å². The molecule has 0 bridgehead atoms. The summed E-state index contributed by atoms with van der Waals surface area (Å²) in [5.74, 6) is 0.478. The van der Waals surface area contributed by atoms with Gasteiger partial charge in [-0.3, -0.25) is 9.59 Å². The number of rotatable bonds is 7. The number of anilines is 1. The van der Waals surface area contributed by atoms with Crippen molar-refractivity contribution in [2.24, 2.45) is 23.5 Å². The van der Waals surface area contributed by atoms with E-state index in [0.717, 1.165) is 57.7 Å². The minimum Gasteiger partial charge on any atom is -0.369 e. The minimum absolute atomic E-state index is 0. The zero-order chi connectivity index (χ0) is 18.5. The lowest BCUT2D eigenvalue weighted by Crippen LogP contribution is -2.48. The third kappa shape index (κ3) is 6.62. The number of piperidine rings is 1. The van der Waals surface area contributed by atoms with Crippen molar-refractivity contribution >= 4 is 42.3 Å². The van der Waals surface area contributed by atoms with Gasteiger partial charge in [-0.1, -0.05) is 19.1 Å². The number of nitrogens with one attached hydrogen (secondary N) is 2. The molecule has 2 aliphatic rings. The molecule has 2 fully saturated rings. The first-order valence-electron chi connectivity index (χ1n) is 9.65. The van der Waals surface area contributed by atoms with Crippen LogP contribution in [0.15, 0.2) is 24.3 Å². The number of amides is 2. The highest BCUT2D eigenvalue weighted by atomic mass is 35.5. The summed E-state index contributed by atoms with van der Waals surface area (Å²) in [6.45, 7) is 6.74. The van der Waals surface area contributed by atoms with Gasteiger partial charge < -0.3 is 21.3 Å². The molecule has 1 aromatic rings. The second-order valence-corrected chi connectivity index (χ2v) is 7.66. The zero-order valence-corrected chi connectivity index (χ0v) is 18.0. The van der Waals surface area contributed by atoms with E-state index in [2.05, 4.69) is 27.7 Å². The number of carbonyl (C=O) groups is 2. The fraction of sp³-hybridized carbons (Fsp3) is 0.600. The standard InChI is InChI=1S/C20H30N4O2.2ClH/c1-14(17-12-22-13-17)20(26)23-18-4-2-15(3-5-18)6-9-24-10-7-16(8-11-24)19(21)25;;/h2-5,14,16-17,22H,6-13H2,1H3,(H2,21,25)(H,23,26);2*1H. The van der Waals surface area contributed by atoms with Crippen LogP contribution in [0.2, 0.25) is 0 Å². The molecule has 6 nitrogen and oxygen atoms in total. The molecule has 1 atom stereocenters. The van der Waals surface area contributed by atoms with Gasteiger partial charge in [-0.2, -0.15) is 0 Å². The Balaban J connectivity index is 0.00000196. The molecule has 1 unspecified atom stereocenters. The van der Waals surface area contributed by atoms with Crippen molar-refractivity contribution in [1.82, 2.24) is 10.2 Å². The molecule has 0 spiro atoms. The number of halogens is 2. The minimum atomic E-state index is -0.162. The average molecular weight is 431 g/mol. The molecule has 3 rings (SSSR count). The van der Waals surface area contributed by atoms with E-state index in [0.29, 0.717) is 5.92 Å². The normalized spacial score (nSPS) is 18.9. The Morgan fingerprint density at radius 2 is 1.79 bits per heavy atom. The summed E-state index contributed by atoms with van der Waals surface area (Å²) >= 11 is 0. The van der Waals surface area contributed by atoms with Crippen LogP contribution in [0.3, 0.4) is 0 Å². The van der Waals surface area contributed by atoms with E-state index in [1.807, 2.05) is 19.1 Å². The molecule has 1 aromatic carbocycles. The number of carbonyl (C=O) groups excluding carboxylic acids is 2. The highest BCUT2D eigenvalue weighted by molar-refractivity contribution is 5.92. The maximum absolute atomic E-state index is 12.3. The third-order valence-electron chi connectivity index (χ3n) is 5.86. The van der Waals surface area contributed by atoms with Crippen molar-refractivity contribution in [2.75, 3.05) is 38.0 Å². The van der Waals surface area contributed by atoms with E-state index in [1.54, 1.807) is 0 Å². The molecule has 8 heteroatoms. The number of hydrogen-bond acceptors (Lipinski definition) is 4. The highest BCUT2D eigenvalue weighted by Gasteiger charge is 2.28. The van der Waals surface area contributed by atoms with Gasteiger partial charge in [0.15, 0.2) is 0 Å². The first-order valence-corrected chi connectivity index (χ1v) is 9.65. The lowest BCUT2D eigenvalue weighted by Gasteiger charge is -2.31.